The fraction of sp³-hybridized carbons (Fsp3) is 0.538. The third-order valence-corrected chi connectivity index (χ3v) is 2.54. The van der Waals surface area contributed by atoms with Crippen molar-refractivity contribution >= 4 is 37.5 Å². The van der Waals surface area contributed by atoms with Crippen LogP contribution in [0.5, 0.6) is 0 Å². The van der Waals surface area contributed by atoms with Gasteiger partial charge in [0.15, 0.2) is 0 Å². The Labute approximate surface area is 131 Å². The van der Waals surface area contributed by atoms with Gasteiger partial charge in [0.25, 0.3) is 0 Å². The smallest absolute Gasteiger partial charge is 0.172 e. The molecule has 0 aromatic heterocycles. The zero-order valence-electron chi connectivity index (χ0n) is 11.7. The zero-order chi connectivity index (χ0) is 14.6. The van der Waals surface area contributed by atoms with E-state index >= 15 is 0 Å². The molecule has 1 rings (SSSR count). The molecule has 108 valence electrons. The van der Waals surface area contributed by atoms with E-state index in [0.717, 1.165) is 0 Å². The molecule has 0 radical (unpaired) electrons. The van der Waals surface area contributed by atoms with Crippen LogP contribution in [-0.2, 0) is 12.3 Å². The maximum Gasteiger partial charge on any atom is -0.172 e. The summed E-state index contributed by atoms with van der Waals surface area (Å²) in [5.74, 6) is 0. The summed E-state index contributed by atoms with van der Waals surface area (Å²) in [4.78, 5) is 0. The van der Waals surface area contributed by atoms with Crippen molar-refractivity contribution in [3.8, 4) is 0 Å². The Hall–Kier alpha value is 1.23. The first-order valence-electron chi connectivity index (χ1n) is 5.58. The fourth-order valence-corrected chi connectivity index (χ4v) is 1.69. The van der Waals surface area contributed by atoms with E-state index in [1.165, 1.54) is 6.16 Å². The molecule has 0 aliphatic heterocycles. The Bertz CT molecular complexity index is 223. The average Bonchev–Trinajstić information content (AvgIpc) is 2.70. The van der Waals surface area contributed by atoms with Gasteiger partial charge in [-0.2, -0.15) is 29.8 Å². The quantitative estimate of drug-likeness (QED) is 0.416. The second kappa shape index (κ2) is 13.2. The van der Waals surface area contributed by atoms with Crippen LogP contribution in [0.15, 0.2) is 30.3 Å². The topological polar surface area (TPSA) is 0 Å². The Balaban J connectivity index is 0. The van der Waals surface area contributed by atoms with Crippen molar-refractivity contribution < 1.29 is 12.3 Å². The van der Waals surface area contributed by atoms with Crippen molar-refractivity contribution in [1.82, 2.24) is 0 Å². The first-order valence-corrected chi connectivity index (χ1v) is 13.8. The van der Waals surface area contributed by atoms with Gasteiger partial charge >= 0.3 is 41.8 Å². The van der Waals surface area contributed by atoms with Gasteiger partial charge in [0.1, 0.15) is 0 Å². The number of rotatable bonds is 2. The Morgan fingerprint density at radius 2 is 1.50 bits per heavy atom. The summed E-state index contributed by atoms with van der Waals surface area (Å²) in [5.41, 5.74) is 0.423. The van der Waals surface area contributed by atoms with Crippen LogP contribution in [0.1, 0.15) is 20.8 Å². The van der Waals surface area contributed by atoms with Crippen LogP contribution in [0, 0.1) is 11.8 Å². The van der Waals surface area contributed by atoms with Gasteiger partial charge in [0.2, 0.25) is 0 Å². The summed E-state index contributed by atoms with van der Waals surface area (Å²) in [7, 11) is 15.1. The third-order valence-electron chi connectivity index (χ3n) is 1.62. The molecule has 0 saturated heterocycles. The first kappa shape index (κ1) is 21.5. The van der Waals surface area contributed by atoms with Crippen LogP contribution in [-0.4, -0.2) is 19.5 Å². The van der Waals surface area contributed by atoms with E-state index in [1.54, 1.807) is 0 Å². The molecule has 0 amide bonds. The summed E-state index contributed by atoms with van der Waals surface area (Å²) in [5, 5.41) is 0. The van der Waals surface area contributed by atoms with Crippen molar-refractivity contribution in [1.29, 1.82) is 0 Å². The van der Waals surface area contributed by atoms with E-state index in [1.807, 2.05) is 30.3 Å². The normalized spacial score (nSPS) is 10.6. The predicted molar refractivity (Wildman–Crippen MR) is 87.0 cm³/mol. The molecule has 0 spiro atoms. The largest absolute Gasteiger partial charge is 0.214 e. The van der Waals surface area contributed by atoms with Gasteiger partial charge in [-0.3, -0.25) is 0 Å². The number of hydrogen-bond donors (Lipinski definition) is 0. The molecule has 0 heterocycles. The molecule has 0 atom stereocenters. The molecular formula is C13H23Cl3PV-2. The molecule has 0 N–H and O–H groups in total. The average molecular weight is 368 g/mol. The summed E-state index contributed by atoms with van der Waals surface area (Å²) in [6, 6.07) is 10.0. The van der Waals surface area contributed by atoms with Crippen LogP contribution >= 0.6 is 37.5 Å². The van der Waals surface area contributed by atoms with E-state index in [0.29, 0.717) is 5.41 Å². The number of hydrogen-bond acceptors (Lipinski definition) is 0. The molecule has 0 unspecified atom stereocenters. The Kier molecular flexibility index (Phi) is 15.8. The Morgan fingerprint density at radius 3 is 1.61 bits per heavy atom. The first-order chi connectivity index (χ1) is 8.15. The van der Waals surface area contributed by atoms with Crippen LogP contribution in [0.3, 0.4) is 0 Å². The van der Waals surface area contributed by atoms with Crippen molar-refractivity contribution in [2.75, 3.05) is 19.5 Å². The molecule has 0 fully saturated rings. The van der Waals surface area contributed by atoms with Gasteiger partial charge in [-0.1, -0.05) is 20.8 Å². The standard InChI is InChI=1S/C8H18P.C5H5.3ClH.V/c1-8(2,3)6-7-9(4)5;1-2-4-5-3-1;;;;/h6H,7H2,1-5H3;1-5H;3*1H;/q2*-1;;;;+3/p-3. The van der Waals surface area contributed by atoms with Gasteiger partial charge in [0, 0.05) is 0 Å². The zero-order valence-corrected chi connectivity index (χ0v) is 16.3. The van der Waals surface area contributed by atoms with Crippen molar-refractivity contribution in [3.05, 3.63) is 36.8 Å². The van der Waals surface area contributed by atoms with Crippen molar-refractivity contribution in [2.24, 2.45) is 5.41 Å². The summed E-state index contributed by atoms with van der Waals surface area (Å²) in [6.45, 7) is 11.4. The summed E-state index contributed by atoms with van der Waals surface area (Å²) in [6.07, 6.45) is 3.72. The molecule has 0 saturated carbocycles. The molecule has 5 heteroatoms. The molecule has 0 aliphatic carbocycles. The van der Waals surface area contributed by atoms with E-state index in [2.05, 4.69) is 40.5 Å². The minimum atomic E-state index is -1.77. The van der Waals surface area contributed by atoms with E-state index in [-0.39, 0.29) is 7.92 Å². The molecule has 1 aromatic rings. The van der Waals surface area contributed by atoms with E-state index in [4.69, 9.17) is 29.5 Å². The molecule has 0 nitrogen and oxygen atoms in total. The minimum absolute atomic E-state index is 0.280. The van der Waals surface area contributed by atoms with Crippen LogP contribution in [0.2, 0.25) is 0 Å². The maximum atomic E-state index is 4.95. The summed E-state index contributed by atoms with van der Waals surface area (Å²) >= 11 is -1.77. The minimum Gasteiger partial charge on any atom is -0.214 e. The third kappa shape index (κ3) is 30.3. The molecule has 0 aliphatic rings. The van der Waals surface area contributed by atoms with Crippen molar-refractivity contribution in [2.45, 2.75) is 20.8 Å². The van der Waals surface area contributed by atoms with Gasteiger partial charge < -0.3 is 6.42 Å². The molecule has 18 heavy (non-hydrogen) atoms. The molecule has 1 aromatic carbocycles. The van der Waals surface area contributed by atoms with Crippen LogP contribution < -0.4 is 0 Å². The summed E-state index contributed by atoms with van der Waals surface area (Å²) < 4.78 is 0. The van der Waals surface area contributed by atoms with Crippen molar-refractivity contribution in [3.63, 3.8) is 0 Å². The molecule has 0 bridgehead atoms. The van der Waals surface area contributed by atoms with Crippen LogP contribution in [0.4, 0.5) is 0 Å². The van der Waals surface area contributed by atoms with Gasteiger partial charge in [0.05, 0.1) is 0 Å². The van der Waals surface area contributed by atoms with E-state index in [9.17, 15) is 0 Å². The number of halogens is 3. The SMILES string of the molecule is CP(C)C[CH-]C(C)(C)C.[Cl][V]([Cl])[Cl].c1cc[cH-]c1. The van der Waals surface area contributed by atoms with Gasteiger partial charge in [-0.25, -0.2) is 12.1 Å². The van der Waals surface area contributed by atoms with Crippen LogP contribution in [0.25, 0.3) is 0 Å². The molecular weight excluding hydrogens is 344 g/mol. The second-order valence-corrected chi connectivity index (χ2v) is 14.4. The Morgan fingerprint density at radius 1 is 1.11 bits per heavy atom. The predicted octanol–water partition coefficient (Wildman–Crippen LogP) is 6.45. The van der Waals surface area contributed by atoms with Gasteiger partial charge in [-0.15, -0.1) is 7.92 Å². The fourth-order valence-electron chi connectivity index (χ4n) is 0.777. The second-order valence-electron chi connectivity index (χ2n) is 4.99. The van der Waals surface area contributed by atoms with Gasteiger partial charge in [-0.05, 0) is 13.3 Å². The maximum absolute atomic E-state index is 4.95. The van der Waals surface area contributed by atoms with E-state index < -0.39 is 12.3 Å². The monoisotopic (exact) mass is 366 g/mol.